The fraction of sp³-hybridized carbons (Fsp3) is 0.250. The molecule has 0 saturated carbocycles. The maximum atomic E-state index is 5.79. The Morgan fingerprint density at radius 1 is 1.25 bits per heavy atom. The summed E-state index contributed by atoms with van der Waals surface area (Å²) >= 11 is 1.63. The van der Waals surface area contributed by atoms with Gasteiger partial charge >= 0.3 is 0 Å². The van der Waals surface area contributed by atoms with Gasteiger partial charge in [0.25, 0.3) is 0 Å². The predicted molar refractivity (Wildman–Crippen MR) is 72.3 cm³/mol. The number of nitrogen functional groups attached to an aromatic ring is 2. The van der Waals surface area contributed by atoms with Gasteiger partial charge in [-0.25, -0.2) is 4.98 Å². The predicted octanol–water partition coefficient (Wildman–Crippen LogP) is 3.39. The van der Waals surface area contributed by atoms with E-state index < -0.39 is 0 Å². The Kier molecular flexibility index (Phi) is 4.79. The molecule has 2 heterocycles. The minimum atomic E-state index is 0.392. The Hall–Kier alpha value is -1.55. The molecule has 0 bridgehead atoms. The molecular formula is C12H17N3S. The summed E-state index contributed by atoms with van der Waals surface area (Å²) in [6.07, 6.45) is 2.92. The van der Waals surface area contributed by atoms with Crippen molar-refractivity contribution in [2.24, 2.45) is 0 Å². The Labute approximate surface area is 100 Å². The Balaban J connectivity index is 0.000000386. The summed E-state index contributed by atoms with van der Waals surface area (Å²) in [4.78, 5) is 3.91. The first-order valence-electron chi connectivity index (χ1n) is 5.23. The van der Waals surface area contributed by atoms with Crippen molar-refractivity contribution in [3.05, 3.63) is 29.1 Å². The van der Waals surface area contributed by atoms with Crippen molar-refractivity contribution in [2.75, 3.05) is 11.5 Å². The monoisotopic (exact) mass is 235 g/mol. The van der Waals surface area contributed by atoms with E-state index in [0.29, 0.717) is 11.5 Å². The average molecular weight is 235 g/mol. The second-order valence-corrected chi connectivity index (χ2v) is 4.16. The molecule has 0 fully saturated rings. The van der Waals surface area contributed by atoms with Crippen LogP contribution in [-0.2, 0) is 0 Å². The fourth-order valence-electron chi connectivity index (χ4n) is 1.16. The molecule has 2 rings (SSSR count). The quantitative estimate of drug-likeness (QED) is 0.796. The van der Waals surface area contributed by atoms with Crippen molar-refractivity contribution in [3.8, 4) is 11.1 Å². The molecule has 0 spiro atoms. The van der Waals surface area contributed by atoms with Crippen molar-refractivity contribution in [1.29, 1.82) is 0 Å². The number of anilines is 2. The molecule has 0 amide bonds. The third kappa shape index (κ3) is 2.97. The van der Waals surface area contributed by atoms with E-state index >= 15 is 0 Å². The molecule has 0 aliphatic rings. The van der Waals surface area contributed by atoms with Crippen LogP contribution in [0.25, 0.3) is 11.1 Å². The third-order valence-electron chi connectivity index (χ3n) is 1.85. The molecule has 2 aromatic heterocycles. The molecule has 0 saturated heterocycles. The number of rotatable bonds is 1. The summed E-state index contributed by atoms with van der Waals surface area (Å²) in [6.45, 7) is 4.25. The molecule has 2 aromatic rings. The Morgan fingerprint density at radius 3 is 2.50 bits per heavy atom. The second-order valence-electron chi connectivity index (χ2n) is 3.38. The smallest absolute Gasteiger partial charge is 0.147 e. The lowest BCUT2D eigenvalue weighted by molar-refractivity contribution is 1.09. The van der Waals surface area contributed by atoms with Crippen molar-refractivity contribution in [2.45, 2.75) is 20.3 Å². The van der Waals surface area contributed by atoms with E-state index in [1.807, 2.05) is 22.9 Å². The second kappa shape index (κ2) is 6.12. The molecule has 4 N–H and O–H groups in total. The van der Waals surface area contributed by atoms with Gasteiger partial charge < -0.3 is 11.5 Å². The van der Waals surface area contributed by atoms with Crippen molar-refractivity contribution >= 4 is 22.8 Å². The van der Waals surface area contributed by atoms with Crippen molar-refractivity contribution < 1.29 is 0 Å². The van der Waals surface area contributed by atoms with Crippen LogP contribution in [0.15, 0.2) is 29.1 Å². The zero-order chi connectivity index (χ0) is 12.0. The summed E-state index contributed by atoms with van der Waals surface area (Å²) < 4.78 is 0. The van der Waals surface area contributed by atoms with Gasteiger partial charge in [0.15, 0.2) is 0 Å². The number of hydrogen-bond acceptors (Lipinski definition) is 4. The molecule has 0 radical (unpaired) electrons. The number of pyridine rings is 1. The van der Waals surface area contributed by atoms with Crippen LogP contribution in [0.5, 0.6) is 0 Å². The van der Waals surface area contributed by atoms with Gasteiger partial charge in [0.1, 0.15) is 5.82 Å². The minimum Gasteiger partial charge on any atom is -0.395 e. The SMILES string of the molecule is CCC.Nc1nccc(-c2ccsc2)c1N. The first-order valence-corrected chi connectivity index (χ1v) is 6.17. The Morgan fingerprint density at radius 2 is 1.94 bits per heavy atom. The van der Waals surface area contributed by atoms with Crippen LogP contribution in [0.1, 0.15) is 20.3 Å². The molecule has 16 heavy (non-hydrogen) atoms. The molecule has 86 valence electrons. The van der Waals surface area contributed by atoms with Crippen LogP contribution in [0.4, 0.5) is 11.5 Å². The van der Waals surface area contributed by atoms with Gasteiger partial charge in [-0.2, -0.15) is 11.3 Å². The minimum absolute atomic E-state index is 0.392. The van der Waals surface area contributed by atoms with Crippen LogP contribution in [0, 0.1) is 0 Å². The number of aromatic nitrogens is 1. The number of nitrogens with zero attached hydrogens (tertiary/aromatic N) is 1. The molecule has 0 atom stereocenters. The van der Waals surface area contributed by atoms with Crippen LogP contribution in [0.3, 0.4) is 0 Å². The Bertz CT molecular complexity index is 424. The zero-order valence-corrected chi connectivity index (χ0v) is 10.4. The highest BCUT2D eigenvalue weighted by molar-refractivity contribution is 7.08. The lowest BCUT2D eigenvalue weighted by atomic mass is 10.1. The first kappa shape index (κ1) is 12.5. The summed E-state index contributed by atoms with van der Waals surface area (Å²) in [5.74, 6) is 0.392. The normalized spacial score (nSPS) is 9.38. The summed E-state index contributed by atoms with van der Waals surface area (Å²) in [5.41, 5.74) is 14.0. The number of hydrogen-bond donors (Lipinski definition) is 2. The van der Waals surface area contributed by atoms with E-state index in [1.54, 1.807) is 17.5 Å². The molecule has 3 nitrogen and oxygen atoms in total. The lowest BCUT2D eigenvalue weighted by Crippen LogP contribution is -1.98. The lowest BCUT2D eigenvalue weighted by Gasteiger charge is -2.04. The third-order valence-corrected chi connectivity index (χ3v) is 2.54. The molecule has 4 heteroatoms. The van der Waals surface area contributed by atoms with E-state index in [-0.39, 0.29) is 0 Å². The van der Waals surface area contributed by atoms with E-state index in [4.69, 9.17) is 11.5 Å². The van der Waals surface area contributed by atoms with Gasteiger partial charge in [-0.1, -0.05) is 20.3 Å². The molecule has 0 aliphatic heterocycles. The summed E-state index contributed by atoms with van der Waals surface area (Å²) in [7, 11) is 0. The van der Waals surface area contributed by atoms with Gasteiger partial charge in [-0.15, -0.1) is 0 Å². The van der Waals surface area contributed by atoms with Crippen LogP contribution >= 0.6 is 11.3 Å². The molecular weight excluding hydrogens is 218 g/mol. The van der Waals surface area contributed by atoms with Gasteiger partial charge in [0, 0.05) is 11.8 Å². The topological polar surface area (TPSA) is 64.9 Å². The zero-order valence-electron chi connectivity index (χ0n) is 9.60. The largest absolute Gasteiger partial charge is 0.395 e. The van der Waals surface area contributed by atoms with E-state index in [2.05, 4.69) is 18.8 Å². The maximum absolute atomic E-state index is 5.79. The van der Waals surface area contributed by atoms with Crippen LogP contribution in [-0.4, -0.2) is 4.98 Å². The number of nitrogens with two attached hydrogens (primary N) is 2. The highest BCUT2D eigenvalue weighted by atomic mass is 32.1. The van der Waals surface area contributed by atoms with Gasteiger partial charge in [0.2, 0.25) is 0 Å². The van der Waals surface area contributed by atoms with E-state index in [1.165, 1.54) is 6.42 Å². The summed E-state index contributed by atoms with van der Waals surface area (Å²) in [6, 6.07) is 3.88. The van der Waals surface area contributed by atoms with E-state index in [9.17, 15) is 0 Å². The van der Waals surface area contributed by atoms with Crippen LogP contribution < -0.4 is 11.5 Å². The molecule has 0 aliphatic carbocycles. The number of thiophene rings is 1. The van der Waals surface area contributed by atoms with E-state index in [0.717, 1.165) is 11.1 Å². The summed E-state index contributed by atoms with van der Waals surface area (Å²) in [5, 5.41) is 4.04. The molecule has 0 aromatic carbocycles. The standard InChI is InChI=1S/C9H9N3S.C3H8/c10-8-7(1-3-12-9(8)11)6-2-4-13-5-6;1-3-2/h1-5H,10H2,(H2,11,12);3H2,1-2H3. The van der Waals surface area contributed by atoms with Gasteiger partial charge in [-0.3, -0.25) is 0 Å². The molecule has 0 unspecified atom stereocenters. The highest BCUT2D eigenvalue weighted by Gasteiger charge is 2.05. The van der Waals surface area contributed by atoms with Crippen LogP contribution in [0.2, 0.25) is 0 Å². The van der Waals surface area contributed by atoms with Gasteiger partial charge in [0.05, 0.1) is 5.69 Å². The highest BCUT2D eigenvalue weighted by Crippen LogP contribution is 2.29. The van der Waals surface area contributed by atoms with Crippen molar-refractivity contribution in [3.63, 3.8) is 0 Å². The van der Waals surface area contributed by atoms with Gasteiger partial charge in [-0.05, 0) is 28.5 Å². The fourth-order valence-corrected chi connectivity index (χ4v) is 1.81. The van der Waals surface area contributed by atoms with Crippen molar-refractivity contribution in [1.82, 2.24) is 4.98 Å². The first-order chi connectivity index (χ1) is 7.70. The maximum Gasteiger partial charge on any atom is 0.147 e. The average Bonchev–Trinajstić information content (AvgIpc) is 2.76.